The van der Waals surface area contributed by atoms with Crippen molar-refractivity contribution in [2.45, 2.75) is 18.9 Å². The maximum absolute atomic E-state index is 12.9. The molecule has 0 bridgehead atoms. The molecule has 1 heterocycles. The number of ether oxygens (including phenoxy) is 2. The SMILES string of the molecule is C#CCNC(=O)COC(=O)[C@@H]1CCC(=O)N(c2ccc(OC)cc2)[C@H]1c1ccccc1. The summed E-state index contributed by atoms with van der Waals surface area (Å²) in [5.41, 5.74) is 1.47. The molecule has 0 radical (unpaired) electrons. The van der Waals surface area contributed by atoms with Gasteiger partial charge in [-0.15, -0.1) is 6.42 Å². The number of benzene rings is 2. The molecule has 1 N–H and O–H groups in total. The predicted octanol–water partition coefficient (Wildman–Crippen LogP) is 2.47. The summed E-state index contributed by atoms with van der Waals surface area (Å²) in [6.07, 6.45) is 5.64. The van der Waals surface area contributed by atoms with E-state index in [2.05, 4.69) is 11.2 Å². The summed E-state index contributed by atoms with van der Waals surface area (Å²) in [5, 5.41) is 2.46. The van der Waals surface area contributed by atoms with E-state index in [1.54, 1.807) is 36.3 Å². The van der Waals surface area contributed by atoms with Gasteiger partial charge in [-0.3, -0.25) is 14.4 Å². The number of nitrogens with zero attached hydrogens (tertiary/aromatic N) is 1. The van der Waals surface area contributed by atoms with Crippen LogP contribution in [0.4, 0.5) is 5.69 Å². The predicted molar refractivity (Wildman–Crippen MR) is 115 cm³/mol. The Morgan fingerprint density at radius 3 is 2.52 bits per heavy atom. The molecule has 0 aliphatic carbocycles. The Kier molecular flexibility index (Phi) is 7.28. The van der Waals surface area contributed by atoms with Crippen molar-refractivity contribution in [2.24, 2.45) is 5.92 Å². The summed E-state index contributed by atoms with van der Waals surface area (Å²) < 4.78 is 10.5. The van der Waals surface area contributed by atoms with Gasteiger partial charge in [0.1, 0.15) is 5.75 Å². The first-order valence-corrected chi connectivity index (χ1v) is 9.93. The van der Waals surface area contributed by atoms with Crippen LogP contribution in [0.5, 0.6) is 5.75 Å². The van der Waals surface area contributed by atoms with Crippen molar-refractivity contribution in [3.8, 4) is 18.1 Å². The number of nitrogens with one attached hydrogen (secondary N) is 1. The van der Waals surface area contributed by atoms with Gasteiger partial charge in [0.2, 0.25) is 5.91 Å². The highest BCUT2D eigenvalue weighted by Crippen LogP contribution is 2.40. The summed E-state index contributed by atoms with van der Waals surface area (Å²) in [7, 11) is 1.57. The van der Waals surface area contributed by atoms with E-state index in [1.807, 2.05) is 30.3 Å². The fourth-order valence-corrected chi connectivity index (χ4v) is 3.66. The fourth-order valence-electron chi connectivity index (χ4n) is 3.66. The number of terminal acetylenes is 1. The van der Waals surface area contributed by atoms with Crippen molar-refractivity contribution in [1.29, 1.82) is 0 Å². The molecule has 0 unspecified atom stereocenters. The van der Waals surface area contributed by atoms with E-state index in [0.717, 1.165) is 5.56 Å². The molecule has 0 saturated carbocycles. The number of hydrogen-bond acceptors (Lipinski definition) is 5. The van der Waals surface area contributed by atoms with Crippen LogP contribution in [0.3, 0.4) is 0 Å². The molecule has 2 atom stereocenters. The largest absolute Gasteiger partial charge is 0.497 e. The Bertz CT molecular complexity index is 966. The topological polar surface area (TPSA) is 84.9 Å². The standard InChI is InChI=1S/C24H24N2O5/c1-3-15-25-21(27)16-31-24(29)20-13-14-22(28)26(18-9-11-19(30-2)12-10-18)23(20)17-7-5-4-6-8-17/h1,4-12,20,23H,13-16H2,2H3,(H,25,27)/t20-,23+/m1/s1. The van der Waals surface area contributed by atoms with Gasteiger partial charge in [0.15, 0.2) is 6.61 Å². The molecule has 0 spiro atoms. The van der Waals surface area contributed by atoms with E-state index in [9.17, 15) is 14.4 Å². The lowest BCUT2D eigenvalue weighted by atomic mass is 9.84. The number of anilines is 1. The molecule has 1 aliphatic heterocycles. The number of esters is 1. The molecule has 3 rings (SSSR count). The third-order valence-corrected chi connectivity index (χ3v) is 5.12. The highest BCUT2D eigenvalue weighted by atomic mass is 16.5. The fraction of sp³-hybridized carbons (Fsp3) is 0.292. The smallest absolute Gasteiger partial charge is 0.311 e. The van der Waals surface area contributed by atoms with Gasteiger partial charge in [-0.2, -0.15) is 0 Å². The zero-order valence-electron chi connectivity index (χ0n) is 17.2. The van der Waals surface area contributed by atoms with Crippen LogP contribution in [0.2, 0.25) is 0 Å². The molecular weight excluding hydrogens is 396 g/mol. The Hall–Kier alpha value is -3.79. The maximum atomic E-state index is 12.9. The highest BCUT2D eigenvalue weighted by molar-refractivity contribution is 5.97. The number of hydrogen-bond donors (Lipinski definition) is 1. The molecule has 160 valence electrons. The lowest BCUT2D eigenvalue weighted by Gasteiger charge is -2.40. The van der Waals surface area contributed by atoms with Gasteiger partial charge in [-0.1, -0.05) is 36.3 Å². The van der Waals surface area contributed by atoms with Gasteiger partial charge < -0.3 is 19.7 Å². The summed E-state index contributed by atoms with van der Waals surface area (Å²) in [4.78, 5) is 39.3. The number of methoxy groups -OCH3 is 1. The first-order valence-electron chi connectivity index (χ1n) is 9.93. The summed E-state index contributed by atoms with van der Waals surface area (Å²) in [5.74, 6) is 1.24. The normalized spacial score (nSPS) is 18.1. The maximum Gasteiger partial charge on any atom is 0.311 e. The summed E-state index contributed by atoms with van der Waals surface area (Å²) >= 11 is 0. The van der Waals surface area contributed by atoms with Gasteiger partial charge in [0.25, 0.3) is 5.91 Å². The van der Waals surface area contributed by atoms with Crippen LogP contribution in [0.1, 0.15) is 24.4 Å². The van der Waals surface area contributed by atoms with E-state index in [-0.39, 0.29) is 18.9 Å². The van der Waals surface area contributed by atoms with Crippen molar-refractivity contribution in [2.75, 3.05) is 25.2 Å². The molecule has 2 amide bonds. The molecule has 0 aromatic heterocycles. The quantitative estimate of drug-likeness (QED) is 0.550. The van der Waals surface area contributed by atoms with E-state index in [0.29, 0.717) is 17.9 Å². The summed E-state index contributed by atoms with van der Waals surface area (Å²) in [6, 6.07) is 15.9. The third kappa shape index (κ3) is 5.23. The Labute approximate surface area is 181 Å². The second-order valence-corrected chi connectivity index (χ2v) is 7.05. The van der Waals surface area contributed by atoms with Gasteiger partial charge in [-0.05, 0) is 36.2 Å². The average molecular weight is 420 g/mol. The first-order chi connectivity index (χ1) is 15.0. The van der Waals surface area contributed by atoms with Crippen LogP contribution in [0.15, 0.2) is 54.6 Å². The van der Waals surface area contributed by atoms with Crippen molar-refractivity contribution in [1.82, 2.24) is 5.32 Å². The highest BCUT2D eigenvalue weighted by Gasteiger charge is 2.42. The minimum absolute atomic E-state index is 0.0617. The van der Waals surface area contributed by atoms with Crippen molar-refractivity contribution < 1.29 is 23.9 Å². The molecule has 31 heavy (non-hydrogen) atoms. The van der Waals surface area contributed by atoms with Gasteiger partial charge >= 0.3 is 5.97 Å². The lowest BCUT2D eigenvalue weighted by molar-refractivity contribution is -0.154. The molecule has 1 aliphatic rings. The average Bonchev–Trinajstić information content (AvgIpc) is 2.81. The molecule has 1 saturated heterocycles. The van der Waals surface area contributed by atoms with Crippen LogP contribution in [0, 0.1) is 18.3 Å². The summed E-state index contributed by atoms with van der Waals surface area (Å²) in [6.45, 7) is -0.360. The van der Waals surface area contributed by atoms with Crippen LogP contribution in [-0.2, 0) is 19.1 Å². The molecule has 7 nitrogen and oxygen atoms in total. The Balaban J connectivity index is 1.89. The zero-order valence-corrected chi connectivity index (χ0v) is 17.2. The first kappa shape index (κ1) is 21.9. The van der Waals surface area contributed by atoms with Gasteiger partial charge in [0.05, 0.1) is 25.6 Å². The van der Waals surface area contributed by atoms with Crippen molar-refractivity contribution in [3.05, 3.63) is 60.2 Å². The molecule has 7 heteroatoms. The van der Waals surface area contributed by atoms with E-state index in [1.165, 1.54) is 0 Å². The number of carbonyl (C=O) groups is 3. The van der Waals surface area contributed by atoms with Gasteiger partial charge in [-0.25, -0.2) is 0 Å². The number of rotatable bonds is 7. The minimum Gasteiger partial charge on any atom is -0.497 e. The Morgan fingerprint density at radius 2 is 1.87 bits per heavy atom. The third-order valence-electron chi connectivity index (χ3n) is 5.12. The molecule has 2 aromatic carbocycles. The molecular formula is C24H24N2O5. The lowest BCUT2D eigenvalue weighted by Crippen LogP contribution is -2.46. The van der Waals surface area contributed by atoms with Crippen LogP contribution < -0.4 is 15.0 Å². The molecule has 2 aromatic rings. The van der Waals surface area contributed by atoms with Crippen LogP contribution >= 0.6 is 0 Å². The van der Waals surface area contributed by atoms with Crippen molar-refractivity contribution >= 4 is 23.5 Å². The van der Waals surface area contributed by atoms with Gasteiger partial charge in [0, 0.05) is 12.1 Å². The Morgan fingerprint density at radius 1 is 1.16 bits per heavy atom. The van der Waals surface area contributed by atoms with Crippen LogP contribution in [0.25, 0.3) is 0 Å². The molecule has 1 fully saturated rings. The zero-order chi connectivity index (χ0) is 22.2. The van der Waals surface area contributed by atoms with E-state index >= 15 is 0 Å². The number of amides is 2. The second kappa shape index (κ2) is 10.3. The van der Waals surface area contributed by atoms with E-state index < -0.39 is 30.4 Å². The second-order valence-electron chi connectivity index (χ2n) is 7.05. The number of piperidine rings is 1. The van der Waals surface area contributed by atoms with Crippen molar-refractivity contribution in [3.63, 3.8) is 0 Å². The minimum atomic E-state index is -0.623. The number of carbonyl (C=O) groups excluding carboxylic acids is 3. The van der Waals surface area contributed by atoms with E-state index in [4.69, 9.17) is 15.9 Å². The van der Waals surface area contributed by atoms with Crippen LogP contribution in [-0.4, -0.2) is 38.0 Å². The monoisotopic (exact) mass is 420 g/mol.